The third-order valence-corrected chi connectivity index (χ3v) is 4.08. The van der Waals surface area contributed by atoms with Crippen molar-refractivity contribution in [3.8, 4) is 0 Å². The van der Waals surface area contributed by atoms with Gasteiger partial charge in [0.15, 0.2) is 0 Å². The van der Waals surface area contributed by atoms with E-state index in [1.165, 1.54) is 5.01 Å². The highest BCUT2D eigenvalue weighted by Crippen LogP contribution is 2.24. The molecule has 1 heterocycles. The lowest BCUT2D eigenvalue weighted by molar-refractivity contribution is -0.119. The largest absolute Gasteiger partial charge is 0.368 e. The first kappa shape index (κ1) is 18.0. The van der Waals surface area contributed by atoms with Gasteiger partial charge in [-0.2, -0.15) is 5.10 Å². The highest BCUT2D eigenvalue weighted by atomic mass is 16.2. The smallest absolute Gasteiger partial charge is 0.267 e. The van der Waals surface area contributed by atoms with Crippen LogP contribution >= 0.6 is 0 Å². The summed E-state index contributed by atoms with van der Waals surface area (Å²) in [5.74, 6) is -0.116. The first-order chi connectivity index (χ1) is 11.4. The topological polar surface area (TPSA) is 87.8 Å². The van der Waals surface area contributed by atoms with Gasteiger partial charge in [0.2, 0.25) is 5.91 Å². The number of primary amides is 1. The SMILES string of the molecule is CC(C)CC[C@@H](C)NC(=O)C1=NN(c2ccccc2)[C@H](C(N)=O)C1. The lowest BCUT2D eigenvalue weighted by atomic mass is 10.0. The molecule has 1 aromatic carbocycles. The Hall–Kier alpha value is -2.37. The maximum atomic E-state index is 12.4. The number of carbonyl (C=O) groups is 2. The van der Waals surface area contributed by atoms with Crippen LogP contribution < -0.4 is 16.1 Å². The van der Waals surface area contributed by atoms with Crippen LogP contribution in [0, 0.1) is 5.92 Å². The quantitative estimate of drug-likeness (QED) is 0.802. The van der Waals surface area contributed by atoms with Gasteiger partial charge in [0.05, 0.1) is 5.69 Å². The monoisotopic (exact) mass is 330 g/mol. The number of nitrogens with zero attached hydrogens (tertiary/aromatic N) is 2. The molecule has 2 rings (SSSR count). The maximum Gasteiger partial charge on any atom is 0.267 e. The number of hydrazone groups is 1. The van der Waals surface area contributed by atoms with Gasteiger partial charge in [-0.05, 0) is 37.8 Å². The molecule has 0 bridgehead atoms. The zero-order valence-corrected chi connectivity index (χ0v) is 14.5. The fourth-order valence-corrected chi connectivity index (χ4v) is 2.65. The van der Waals surface area contributed by atoms with E-state index in [-0.39, 0.29) is 18.4 Å². The minimum atomic E-state index is -0.626. The van der Waals surface area contributed by atoms with Gasteiger partial charge in [-0.25, -0.2) is 0 Å². The van der Waals surface area contributed by atoms with Crippen molar-refractivity contribution >= 4 is 23.2 Å². The lowest BCUT2D eigenvalue weighted by Gasteiger charge is -2.20. The molecule has 0 saturated carbocycles. The van der Waals surface area contributed by atoms with Crippen molar-refractivity contribution in [2.75, 3.05) is 5.01 Å². The molecule has 0 aliphatic carbocycles. The van der Waals surface area contributed by atoms with Crippen molar-refractivity contribution < 1.29 is 9.59 Å². The third-order valence-electron chi connectivity index (χ3n) is 4.08. The second kappa shape index (κ2) is 7.95. The Morgan fingerprint density at radius 1 is 1.25 bits per heavy atom. The van der Waals surface area contributed by atoms with Crippen molar-refractivity contribution in [2.45, 2.75) is 52.1 Å². The van der Waals surface area contributed by atoms with Gasteiger partial charge in [-0.15, -0.1) is 0 Å². The second-order valence-electron chi connectivity index (χ2n) is 6.69. The van der Waals surface area contributed by atoms with Crippen LogP contribution in [-0.2, 0) is 9.59 Å². The predicted molar refractivity (Wildman–Crippen MR) is 95.6 cm³/mol. The molecule has 6 heteroatoms. The number of nitrogens with one attached hydrogen (secondary N) is 1. The van der Waals surface area contributed by atoms with Crippen molar-refractivity contribution in [3.05, 3.63) is 30.3 Å². The van der Waals surface area contributed by atoms with E-state index >= 15 is 0 Å². The average Bonchev–Trinajstić information content (AvgIpc) is 2.99. The van der Waals surface area contributed by atoms with Crippen molar-refractivity contribution in [2.24, 2.45) is 16.8 Å². The van der Waals surface area contributed by atoms with E-state index in [0.717, 1.165) is 18.5 Å². The van der Waals surface area contributed by atoms with Gasteiger partial charge < -0.3 is 11.1 Å². The van der Waals surface area contributed by atoms with E-state index < -0.39 is 11.9 Å². The fourth-order valence-electron chi connectivity index (χ4n) is 2.65. The highest BCUT2D eigenvalue weighted by molar-refractivity contribution is 6.40. The first-order valence-corrected chi connectivity index (χ1v) is 8.40. The zero-order chi connectivity index (χ0) is 17.7. The third kappa shape index (κ3) is 4.57. The number of nitrogens with two attached hydrogens (primary N) is 1. The van der Waals surface area contributed by atoms with Crippen LogP contribution in [0.5, 0.6) is 0 Å². The van der Waals surface area contributed by atoms with Crippen molar-refractivity contribution in [3.63, 3.8) is 0 Å². The Morgan fingerprint density at radius 3 is 2.50 bits per heavy atom. The van der Waals surface area contributed by atoms with Gasteiger partial charge in [0.25, 0.3) is 5.91 Å². The molecule has 2 amide bonds. The van der Waals surface area contributed by atoms with Gasteiger partial charge in [-0.1, -0.05) is 32.0 Å². The summed E-state index contributed by atoms with van der Waals surface area (Å²) in [6.07, 6.45) is 2.19. The van der Waals surface area contributed by atoms with E-state index in [9.17, 15) is 9.59 Å². The molecular weight excluding hydrogens is 304 g/mol. The van der Waals surface area contributed by atoms with E-state index in [0.29, 0.717) is 11.6 Å². The fraction of sp³-hybridized carbons (Fsp3) is 0.500. The summed E-state index contributed by atoms with van der Waals surface area (Å²) in [7, 11) is 0. The Kier molecular flexibility index (Phi) is 5.95. The first-order valence-electron chi connectivity index (χ1n) is 8.40. The summed E-state index contributed by atoms with van der Waals surface area (Å²) < 4.78 is 0. The summed E-state index contributed by atoms with van der Waals surface area (Å²) >= 11 is 0. The Bertz CT molecular complexity index is 613. The molecular formula is C18H26N4O2. The molecule has 1 aromatic rings. The van der Waals surface area contributed by atoms with E-state index in [4.69, 9.17) is 5.73 Å². The second-order valence-corrected chi connectivity index (χ2v) is 6.69. The molecule has 0 radical (unpaired) electrons. The predicted octanol–water partition coefficient (Wildman–Crippen LogP) is 2.05. The van der Waals surface area contributed by atoms with Crippen LogP contribution in [0.3, 0.4) is 0 Å². The van der Waals surface area contributed by atoms with Gasteiger partial charge in [0, 0.05) is 12.5 Å². The minimum Gasteiger partial charge on any atom is -0.368 e. The average molecular weight is 330 g/mol. The van der Waals surface area contributed by atoms with Gasteiger partial charge in [0.1, 0.15) is 11.8 Å². The van der Waals surface area contributed by atoms with Gasteiger partial charge in [-0.3, -0.25) is 14.6 Å². The number of anilines is 1. The number of carbonyl (C=O) groups excluding carboxylic acids is 2. The zero-order valence-electron chi connectivity index (χ0n) is 14.5. The summed E-state index contributed by atoms with van der Waals surface area (Å²) in [5.41, 5.74) is 6.58. The van der Waals surface area contributed by atoms with Crippen LogP contribution in [0.1, 0.15) is 40.0 Å². The number of hydrogen-bond donors (Lipinski definition) is 2. The van der Waals surface area contributed by atoms with Crippen molar-refractivity contribution in [1.82, 2.24) is 5.32 Å². The molecule has 0 aromatic heterocycles. The normalized spacial score (nSPS) is 18.4. The number of rotatable bonds is 7. The Balaban J connectivity index is 2.07. The number of para-hydroxylation sites is 1. The molecule has 0 unspecified atom stereocenters. The number of benzene rings is 1. The standard InChI is InChI=1S/C18H26N4O2/c1-12(2)9-10-13(3)20-18(24)15-11-16(17(19)23)22(21-15)14-7-5-4-6-8-14/h4-8,12-13,16H,9-11H2,1-3H3,(H2,19,23)(H,20,24)/t13-,16+/m1/s1. The molecule has 3 N–H and O–H groups in total. The van der Waals surface area contributed by atoms with Crippen LogP contribution in [0.25, 0.3) is 0 Å². The summed E-state index contributed by atoms with van der Waals surface area (Å²) in [6, 6.07) is 8.72. The van der Waals surface area contributed by atoms with E-state index in [1.807, 2.05) is 37.3 Å². The molecule has 130 valence electrons. The highest BCUT2D eigenvalue weighted by Gasteiger charge is 2.35. The maximum absolute atomic E-state index is 12.4. The molecule has 6 nitrogen and oxygen atoms in total. The lowest BCUT2D eigenvalue weighted by Crippen LogP contribution is -2.40. The van der Waals surface area contributed by atoms with Crippen LogP contribution in [0.4, 0.5) is 5.69 Å². The Morgan fingerprint density at radius 2 is 1.92 bits per heavy atom. The van der Waals surface area contributed by atoms with Crippen LogP contribution in [-0.4, -0.2) is 29.6 Å². The minimum absolute atomic E-state index is 0.0698. The molecule has 1 aliphatic rings. The van der Waals surface area contributed by atoms with Crippen molar-refractivity contribution in [1.29, 1.82) is 0 Å². The van der Waals surface area contributed by atoms with Crippen LogP contribution in [0.2, 0.25) is 0 Å². The summed E-state index contributed by atoms with van der Waals surface area (Å²) in [4.78, 5) is 24.2. The molecule has 0 fully saturated rings. The van der Waals surface area contributed by atoms with Gasteiger partial charge >= 0.3 is 0 Å². The number of amides is 2. The number of hydrogen-bond acceptors (Lipinski definition) is 4. The molecule has 0 spiro atoms. The summed E-state index contributed by atoms with van der Waals surface area (Å²) in [6.45, 7) is 6.30. The van der Waals surface area contributed by atoms with E-state index in [2.05, 4.69) is 24.3 Å². The Labute approximate surface area is 143 Å². The molecule has 24 heavy (non-hydrogen) atoms. The molecule has 1 aliphatic heterocycles. The summed E-state index contributed by atoms with van der Waals surface area (Å²) in [5, 5.41) is 8.84. The van der Waals surface area contributed by atoms with E-state index in [1.54, 1.807) is 0 Å². The molecule has 2 atom stereocenters. The van der Waals surface area contributed by atoms with Crippen LogP contribution in [0.15, 0.2) is 35.4 Å². The molecule has 0 saturated heterocycles.